The highest BCUT2D eigenvalue weighted by atomic mass is 16.6. The zero-order valence-electron chi connectivity index (χ0n) is 13.1. The van der Waals surface area contributed by atoms with Crippen LogP contribution in [-0.2, 0) is 19.1 Å². The molecule has 0 amide bonds. The molecule has 0 aromatic rings. The molecule has 2 fully saturated rings. The Balaban J connectivity index is 1.82. The van der Waals surface area contributed by atoms with Gasteiger partial charge in [0.2, 0.25) is 0 Å². The molecule has 1 aliphatic heterocycles. The minimum Gasteiger partial charge on any atom is -0.462 e. The van der Waals surface area contributed by atoms with Gasteiger partial charge in [-0.1, -0.05) is 13.0 Å². The van der Waals surface area contributed by atoms with Gasteiger partial charge in [-0.15, -0.1) is 0 Å². The van der Waals surface area contributed by atoms with E-state index in [4.69, 9.17) is 9.47 Å². The minimum absolute atomic E-state index is 0.0228. The molecule has 0 unspecified atom stereocenters. The van der Waals surface area contributed by atoms with Crippen LogP contribution >= 0.6 is 0 Å². The molecule has 0 bridgehead atoms. The van der Waals surface area contributed by atoms with E-state index in [0.717, 1.165) is 44.0 Å². The van der Waals surface area contributed by atoms with Crippen LogP contribution in [0.5, 0.6) is 0 Å². The van der Waals surface area contributed by atoms with Crippen LogP contribution in [0.25, 0.3) is 0 Å². The van der Waals surface area contributed by atoms with E-state index in [9.17, 15) is 9.59 Å². The van der Waals surface area contributed by atoms with E-state index in [1.807, 2.05) is 0 Å². The fourth-order valence-corrected chi connectivity index (χ4v) is 3.79. The molecular weight excluding hydrogens is 268 g/mol. The number of rotatable bonds is 2. The molecule has 0 N–H and O–H groups in total. The molecule has 4 nitrogen and oxygen atoms in total. The maximum atomic E-state index is 11.4. The van der Waals surface area contributed by atoms with E-state index in [-0.39, 0.29) is 29.2 Å². The summed E-state index contributed by atoms with van der Waals surface area (Å²) in [4.78, 5) is 22.6. The highest BCUT2D eigenvalue weighted by Gasteiger charge is 2.58. The summed E-state index contributed by atoms with van der Waals surface area (Å²) < 4.78 is 11.4. The smallest absolute Gasteiger partial charge is 0.302 e. The molecule has 0 aromatic carbocycles. The van der Waals surface area contributed by atoms with E-state index in [1.54, 1.807) is 0 Å². The number of carbonyl (C=O) groups excluding carboxylic acids is 2. The van der Waals surface area contributed by atoms with Crippen molar-refractivity contribution in [3.05, 3.63) is 11.6 Å². The van der Waals surface area contributed by atoms with Crippen molar-refractivity contribution in [2.75, 3.05) is 0 Å². The van der Waals surface area contributed by atoms with Gasteiger partial charge in [0.15, 0.2) is 0 Å². The van der Waals surface area contributed by atoms with Gasteiger partial charge in [0, 0.05) is 12.3 Å². The van der Waals surface area contributed by atoms with Crippen LogP contribution in [0, 0.1) is 11.3 Å². The molecule has 1 saturated carbocycles. The Kier molecular flexibility index (Phi) is 3.47. The van der Waals surface area contributed by atoms with Gasteiger partial charge in [0.1, 0.15) is 12.4 Å². The van der Waals surface area contributed by atoms with Gasteiger partial charge in [0.05, 0.1) is 11.7 Å². The zero-order valence-corrected chi connectivity index (χ0v) is 13.1. The summed E-state index contributed by atoms with van der Waals surface area (Å²) in [6, 6.07) is 0. The molecule has 3 aliphatic rings. The standard InChI is InChI=1S/C17H24O4/c1-11(19)20-14-6-7-17(3)15(21-17)5-4-12(10-18)8-13-9-16(13,14)2/h8,10,13-15H,4-7,9H2,1-3H3/b12-8+/t13-,14-,15-,16-,17+/m1/s1. The Bertz CT molecular complexity index is 497. The summed E-state index contributed by atoms with van der Waals surface area (Å²) in [6.07, 6.45) is 7.65. The van der Waals surface area contributed by atoms with Gasteiger partial charge in [-0.2, -0.15) is 0 Å². The summed E-state index contributed by atoms with van der Waals surface area (Å²) in [5.41, 5.74) is 0.743. The van der Waals surface area contributed by atoms with Crippen molar-refractivity contribution >= 4 is 12.3 Å². The molecule has 0 radical (unpaired) electrons. The predicted molar refractivity (Wildman–Crippen MR) is 77.7 cm³/mol. The molecule has 0 spiro atoms. The summed E-state index contributed by atoms with van der Waals surface area (Å²) in [5, 5.41) is 0. The lowest BCUT2D eigenvalue weighted by atomic mass is 9.90. The van der Waals surface area contributed by atoms with Gasteiger partial charge in [-0.25, -0.2) is 0 Å². The third-order valence-electron chi connectivity index (χ3n) is 5.59. The lowest BCUT2D eigenvalue weighted by Crippen LogP contribution is -2.28. The topological polar surface area (TPSA) is 55.9 Å². The Morgan fingerprint density at radius 2 is 2.19 bits per heavy atom. The van der Waals surface area contributed by atoms with Gasteiger partial charge in [-0.3, -0.25) is 9.59 Å². The zero-order chi connectivity index (χ0) is 15.3. The first-order valence-electron chi connectivity index (χ1n) is 7.88. The van der Waals surface area contributed by atoms with Gasteiger partial charge in [-0.05, 0) is 50.5 Å². The molecule has 0 aromatic heterocycles. The normalized spacial score (nSPS) is 47.8. The Labute approximate surface area is 125 Å². The molecule has 116 valence electrons. The Morgan fingerprint density at radius 1 is 1.43 bits per heavy atom. The lowest BCUT2D eigenvalue weighted by Gasteiger charge is -2.25. The van der Waals surface area contributed by atoms with Crippen molar-refractivity contribution in [1.82, 2.24) is 0 Å². The summed E-state index contributed by atoms with van der Waals surface area (Å²) >= 11 is 0. The molecule has 3 rings (SSSR count). The van der Waals surface area contributed by atoms with Crippen molar-refractivity contribution in [2.45, 2.75) is 70.7 Å². The van der Waals surface area contributed by atoms with Crippen molar-refractivity contribution in [3.8, 4) is 0 Å². The average Bonchev–Trinajstić information content (AvgIpc) is 3.26. The molecule has 1 heterocycles. The van der Waals surface area contributed by atoms with Crippen LogP contribution in [0.4, 0.5) is 0 Å². The number of hydrogen-bond donors (Lipinski definition) is 0. The molecule has 4 heteroatoms. The maximum Gasteiger partial charge on any atom is 0.302 e. The maximum absolute atomic E-state index is 11.4. The number of hydrogen-bond acceptors (Lipinski definition) is 4. The van der Waals surface area contributed by atoms with Crippen LogP contribution < -0.4 is 0 Å². The highest BCUT2D eigenvalue weighted by molar-refractivity contribution is 5.73. The van der Waals surface area contributed by atoms with Crippen molar-refractivity contribution in [1.29, 1.82) is 0 Å². The molecule has 21 heavy (non-hydrogen) atoms. The minimum atomic E-state index is -0.222. The number of allylic oxidation sites excluding steroid dienone is 2. The number of epoxide rings is 1. The largest absolute Gasteiger partial charge is 0.462 e. The number of fused-ring (bicyclic) bond motifs is 2. The van der Waals surface area contributed by atoms with Crippen LogP contribution in [0.1, 0.15) is 52.9 Å². The van der Waals surface area contributed by atoms with E-state index >= 15 is 0 Å². The van der Waals surface area contributed by atoms with Crippen molar-refractivity contribution in [2.24, 2.45) is 11.3 Å². The van der Waals surface area contributed by atoms with E-state index in [0.29, 0.717) is 5.92 Å². The number of esters is 1. The van der Waals surface area contributed by atoms with Crippen LogP contribution in [0.2, 0.25) is 0 Å². The number of aldehydes is 1. The first-order chi connectivity index (χ1) is 9.87. The van der Waals surface area contributed by atoms with Gasteiger partial charge < -0.3 is 9.47 Å². The Morgan fingerprint density at radius 3 is 2.86 bits per heavy atom. The molecule has 5 atom stereocenters. The van der Waals surface area contributed by atoms with Crippen molar-refractivity contribution < 1.29 is 19.1 Å². The summed E-state index contributed by atoms with van der Waals surface area (Å²) in [6.45, 7) is 5.75. The van der Waals surface area contributed by atoms with E-state index in [1.165, 1.54) is 6.92 Å². The highest BCUT2D eigenvalue weighted by Crippen LogP contribution is 2.59. The first-order valence-corrected chi connectivity index (χ1v) is 7.88. The second-order valence-corrected chi connectivity index (χ2v) is 7.27. The number of carbonyl (C=O) groups is 2. The van der Waals surface area contributed by atoms with E-state index in [2.05, 4.69) is 19.9 Å². The SMILES string of the molecule is CC(=O)O[C@@H]1CC[C@]2(C)O[C@@H]2CC/C(C=O)=C\[C@@H]2C[C@]21C. The summed E-state index contributed by atoms with van der Waals surface area (Å²) in [7, 11) is 0. The fraction of sp³-hybridized carbons (Fsp3) is 0.765. The molecule has 1 saturated heterocycles. The van der Waals surface area contributed by atoms with E-state index < -0.39 is 0 Å². The van der Waals surface area contributed by atoms with Gasteiger partial charge in [0.25, 0.3) is 0 Å². The van der Waals surface area contributed by atoms with Gasteiger partial charge >= 0.3 is 5.97 Å². The monoisotopic (exact) mass is 292 g/mol. The molecule has 2 aliphatic carbocycles. The summed E-state index contributed by atoms with van der Waals surface area (Å²) in [5.74, 6) is 0.130. The van der Waals surface area contributed by atoms with Crippen LogP contribution in [-0.4, -0.2) is 30.1 Å². The van der Waals surface area contributed by atoms with Crippen LogP contribution in [0.15, 0.2) is 11.6 Å². The Hall–Kier alpha value is -1.16. The third kappa shape index (κ3) is 2.78. The third-order valence-corrected chi connectivity index (χ3v) is 5.59. The lowest BCUT2D eigenvalue weighted by molar-refractivity contribution is -0.150. The average molecular weight is 292 g/mol. The number of ether oxygens (including phenoxy) is 2. The van der Waals surface area contributed by atoms with Crippen LogP contribution in [0.3, 0.4) is 0 Å². The quantitative estimate of drug-likeness (QED) is 0.446. The second kappa shape index (κ2) is 4.94. The predicted octanol–water partition coefficient (Wildman–Crippen LogP) is 2.80. The fourth-order valence-electron chi connectivity index (χ4n) is 3.79. The second-order valence-electron chi connectivity index (χ2n) is 7.27. The molecular formula is C17H24O4. The van der Waals surface area contributed by atoms with Crippen molar-refractivity contribution in [3.63, 3.8) is 0 Å². The first kappa shape index (κ1) is 14.8.